The quantitative estimate of drug-likeness (QED) is 0.808. The Morgan fingerprint density at radius 2 is 2.19 bits per heavy atom. The Hall–Kier alpha value is -1.35. The molecule has 0 atom stereocenters. The Balaban J connectivity index is 2.04. The van der Waals surface area contributed by atoms with Crippen molar-refractivity contribution in [3.8, 4) is 0 Å². The number of hydrogen-bond acceptors (Lipinski definition) is 5. The first kappa shape index (κ1) is 16.0. The molecular formula is C13H16FN3O2S2. The summed E-state index contributed by atoms with van der Waals surface area (Å²) in [6.07, 6.45) is 0.474. The predicted molar refractivity (Wildman–Crippen MR) is 80.2 cm³/mol. The Morgan fingerprint density at radius 3 is 2.81 bits per heavy atom. The first-order valence-corrected chi connectivity index (χ1v) is 8.75. The van der Waals surface area contributed by atoms with Gasteiger partial charge in [0.05, 0.1) is 11.2 Å². The molecule has 2 aromatic rings. The normalized spacial score (nSPS) is 11.7. The first-order chi connectivity index (χ1) is 10.0. The van der Waals surface area contributed by atoms with Crippen molar-refractivity contribution >= 4 is 21.4 Å². The number of sulfonamides is 1. The fourth-order valence-electron chi connectivity index (χ4n) is 1.83. The Morgan fingerprint density at radius 1 is 1.38 bits per heavy atom. The van der Waals surface area contributed by atoms with Gasteiger partial charge in [0, 0.05) is 24.9 Å². The molecule has 2 rings (SSSR count). The standard InChI is InChI=1S/C13H16FN3O2S2/c1-15-7-10-2-3-13(12(14)6-10)21(18,19)17-5-4-11-8-20-9-16-11/h2-3,6,8-9,15,17H,4-5,7H2,1H3. The van der Waals surface area contributed by atoms with Gasteiger partial charge >= 0.3 is 0 Å². The highest BCUT2D eigenvalue weighted by atomic mass is 32.2. The zero-order valence-electron chi connectivity index (χ0n) is 11.5. The van der Waals surface area contributed by atoms with Crippen LogP contribution in [0.4, 0.5) is 4.39 Å². The number of rotatable bonds is 7. The lowest BCUT2D eigenvalue weighted by molar-refractivity contribution is 0.555. The van der Waals surface area contributed by atoms with Crippen molar-refractivity contribution in [2.75, 3.05) is 13.6 Å². The van der Waals surface area contributed by atoms with Gasteiger partial charge in [-0.2, -0.15) is 0 Å². The monoisotopic (exact) mass is 329 g/mol. The third-order valence-corrected chi connectivity index (χ3v) is 4.95. The van der Waals surface area contributed by atoms with Crippen molar-refractivity contribution in [2.24, 2.45) is 0 Å². The summed E-state index contributed by atoms with van der Waals surface area (Å²) in [6, 6.07) is 4.10. The van der Waals surface area contributed by atoms with E-state index in [9.17, 15) is 12.8 Å². The van der Waals surface area contributed by atoms with E-state index in [4.69, 9.17) is 0 Å². The van der Waals surface area contributed by atoms with Crippen LogP contribution in [0.1, 0.15) is 11.3 Å². The Kier molecular flexibility index (Phi) is 5.40. The molecule has 0 aliphatic heterocycles. The SMILES string of the molecule is CNCc1ccc(S(=O)(=O)NCCc2cscn2)c(F)c1. The molecule has 8 heteroatoms. The van der Waals surface area contributed by atoms with Gasteiger partial charge in [0.25, 0.3) is 0 Å². The van der Waals surface area contributed by atoms with Crippen LogP contribution in [0.25, 0.3) is 0 Å². The molecule has 0 unspecified atom stereocenters. The molecule has 2 N–H and O–H groups in total. The molecule has 0 spiro atoms. The van der Waals surface area contributed by atoms with Crippen LogP contribution in [0.15, 0.2) is 34.0 Å². The van der Waals surface area contributed by atoms with Gasteiger partial charge in [0.15, 0.2) is 0 Å². The number of nitrogens with one attached hydrogen (secondary N) is 2. The van der Waals surface area contributed by atoms with Crippen molar-refractivity contribution in [1.82, 2.24) is 15.0 Å². The molecule has 0 radical (unpaired) electrons. The third kappa shape index (κ3) is 4.31. The summed E-state index contributed by atoms with van der Waals surface area (Å²) in [6.45, 7) is 0.665. The van der Waals surface area contributed by atoms with E-state index < -0.39 is 15.8 Å². The van der Waals surface area contributed by atoms with Gasteiger partial charge in [-0.3, -0.25) is 0 Å². The summed E-state index contributed by atoms with van der Waals surface area (Å²) in [5, 5.41) is 4.73. The zero-order chi connectivity index (χ0) is 15.3. The number of nitrogens with zero attached hydrogens (tertiary/aromatic N) is 1. The number of halogens is 1. The third-order valence-electron chi connectivity index (χ3n) is 2.82. The summed E-state index contributed by atoms with van der Waals surface area (Å²) in [4.78, 5) is 3.73. The summed E-state index contributed by atoms with van der Waals surface area (Å²) < 4.78 is 40.4. The van der Waals surface area contributed by atoms with Gasteiger partial charge in [-0.05, 0) is 24.7 Å². The van der Waals surface area contributed by atoms with E-state index in [0.717, 1.165) is 5.69 Å². The smallest absolute Gasteiger partial charge is 0.243 e. The van der Waals surface area contributed by atoms with Crippen LogP contribution in [-0.4, -0.2) is 27.0 Å². The highest BCUT2D eigenvalue weighted by molar-refractivity contribution is 7.89. The second-order valence-electron chi connectivity index (χ2n) is 4.42. The molecular weight excluding hydrogens is 313 g/mol. The summed E-state index contributed by atoms with van der Waals surface area (Å²) in [7, 11) is -2.11. The summed E-state index contributed by atoms with van der Waals surface area (Å²) >= 11 is 1.45. The lowest BCUT2D eigenvalue weighted by Gasteiger charge is -2.08. The van der Waals surface area contributed by atoms with Crippen molar-refractivity contribution in [2.45, 2.75) is 17.9 Å². The average molecular weight is 329 g/mol. The highest BCUT2D eigenvalue weighted by Crippen LogP contribution is 2.16. The minimum atomic E-state index is -3.85. The van der Waals surface area contributed by atoms with Gasteiger partial charge in [0.2, 0.25) is 10.0 Å². The van der Waals surface area contributed by atoms with Gasteiger partial charge in [0.1, 0.15) is 10.7 Å². The molecule has 0 saturated heterocycles. The van der Waals surface area contributed by atoms with Crippen LogP contribution >= 0.6 is 11.3 Å². The maximum absolute atomic E-state index is 13.9. The molecule has 114 valence electrons. The van der Waals surface area contributed by atoms with E-state index in [1.165, 1.54) is 23.5 Å². The van der Waals surface area contributed by atoms with E-state index in [1.54, 1.807) is 18.6 Å². The average Bonchev–Trinajstić information content (AvgIpc) is 2.92. The number of benzene rings is 1. The summed E-state index contributed by atoms with van der Waals surface area (Å²) in [5.74, 6) is -0.746. The molecule has 0 amide bonds. The molecule has 21 heavy (non-hydrogen) atoms. The lowest BCUT2D eigenvalue weighted by Crippen LogP contribution is -2.27. The lowest BCUT2D eigenvalue weighted by atomic mass is 10.2. The van der Waals surface area contributed by atoms with Crippen LogP contribution in [0.3, 0.4) is 0 Å². The van der Waals surface area contributed by atoms with E-state index >= 15 is 0 Å². The molecule has 5 nitrogen and oxygen atoms in total. The fourth-order valence-corrected chi connectivity index (χ4v) is 3.51. The molecule has 0 aliphatic carbocycles. The maximum atomic E-state index is 13.9. The van der Waals surface area contributed by atoms with Crippen LogP contribution < -0.4 is 10.0 Å². The van der Waals surface area contributed by atoms with Crippen molar-refractivity contribution in [3.05, 3.63) is 46.2 Å². The second-order valence-corrected chi connectivity index (χ2v) is 6.88. The minimum absolute atomic E-state index is 0.184. The topological polar surface area (TPSA) is 71.1 Å². The van der Waals surface area contributed by atoms with Crippen LogP contribution in [0, 0.1) is 5.82 Å². The van der Waals surface area contributed by atoms with E-state index in [0.29, 0.717) is 18.5 Å². The molecule has 1 aromatic carbocycles. The molecule has 0 aliphatic rings. The van der Waals surface area contributed by atoms with Crippen LogP contribution in [0.5, 0.6) is 0 Å². The predicted octanol–water partition coefficient (Wildman–Crippen LogP) is 1.52. The van der Waals surface area contributed by atoms with E-state index in [1.807, 2.05) is 5.38 Å². The van der Waals surface area contributed by atoms with Gasteiger partial charge in [-0.1, -0.05) is 6.07 Å². The highest BCUT2D eigenvalue weighted by Gasteiger charge is 2.18. The molecule has 0 saturated carbocycles. The van der Waals surface area contributed by atoms with Crippen molar-refractivity contribution < 1.29 is 12.8 Å². The van der Waals surface area contributed by atoms with E-state index in [2.05, 4.69) is 15.0 Å². The van der Waals surface area contributed by atoms with Crippen LogP contribution in [-0.2, 0) is 23.0 Å². The zero-order valence-corrected chi connectivity index (χ0v) is 13.1. The van der Waals surface area contributed by atoms with Gasteiger partial charge in [-0.25, -0.2) is 22.5 Å². The number of hydrogen-bond donors (Lipinski definition) is 2. The fraction of sp³-hybridized carbons (Fsp3) is 0.308. The van der Waals surface area contributed by atoms with Crippen LogP contribution in [0.2, 0.25) is 0 Å². The molecule has 1 heterocycles. The number of aromatic nitrogens is 1. The molecule has 1 aromatic heterocycles. The Bertz CT molecular complexity index is 687. The largest absolute Gasteiger partial charge is 0.316 e. The second kappa shape index (κ2) is 7.08. The molecule has 0 fully saturated rings. The van der Waals surface area contributed by atoms with Gasteiger partial charge in [-0.15, -0.1) is 11.3 Å². The number of thiazole rings is 1. The first-order valence-electron chi connectivity index (χ1n) is 6.32. The Labute approximate surface area is 127 Å². The van der Waals surface area contributed by atoms with E-state index in [-0.39, 0.29) is 11.4 Å². The van der Waals surface area contributed by atoms with Gasteiger partial charge < -0.3 is 5.32 Å². The minimum Gasteiger partial charge on any atom is -0.316 e. The molecule has 0 bridgehead atoms. The van der Waals surface area contributed by atoms with Crippen molar-refractivity contribution in [3.63, 3.8) is 0 Å². The summed E-state index contributed by atoms with van der Waals surface area (Å²) in [5.41, 5.74) is 3.19. The van der Waals surface area contributed by atoms with Crippen molar-refractivity contribution in [1.29, 1.82) is 0 Å². The maximum Gasteiger partial charge on any atom is 0.243 e.